The second kappa shape index (κ2) is 7.65. The first kappa shape index (κ1) is 19.3. The Morgan fingerprint density at radius 1 is 0.900 bits per heavy atom. The molecule has 162 valence electrons. The topological polar surface area (TPSA) is 18.8 Å². The Bertz CT molecular complexity index is 785. The minimum absolute atomic E-state index is 0.653. The maximum atomic E-state index is 4.65. The zero-order valence-electron chi connectivity index (χ0n) is 18.9. The number of fused-ring (bicyclic) bond motifs is 3. The first-order valence-corrected chi connectivity index (χ1v) is 12.8. The molecule has 6 rings (SSSR count). The lowest BCUT2D eigenvalue weighted by Gasteiger charge is -2.55. The van der Waals surface area contributed by atoms with Gasteiger partial charge in [-0.2, -0.15) is 0 Å². The molecule has 0 amide bonds. The van der Waals surface area contributed by atoms with Gasteiger partial charge in [0.15, 0.2) is 0 Å². The van der Waals surface area contributed by atoms with E-state index in [1.54, 1.807) is 19.3 Å². The van der Waals surface area contributed by atoms with Crippen molar-refractivity contribution in [2.75, 3.05) is 11.9 Å². The van der Waals surface area contributed by atoms with Crippen LogP contribution in [0.3, 0.4) is 0 Å². The van der Waals surface area contributed by atoms with E-state index in [0.29, 0.717) is 6.04 Å². The third kappa shape index (κ3) is 3.15. The van der Waals surface area contributed by atoms with E-state index in [-0.39, 0.29) is 0 Å². The molecular formula is C27H39N3. The number of hydrogen-bond donors (Lipinski definition) is 0. The van der Waals surface area contributed by atoms with Crippen LogP contribution in [-0.4, -0.2) is 42.3 Å². The van der Waals surface area contributed by atoms with Crippen LogP contribution in [0, 0.1) is 23.7 Å². The Morgan fingerprint density at radius 3 is 2.47 bits per heavy atom. The highest BCUT2D eigenvalue weighted by atomic mass is 15.3. The molecular weight excluding hydrogens is 366 g/mol. The van der Waals surface area contributed by atoms with E-state index in [1.807, 2.05) is 13.1 Å². The minimum atomic E-state index is 0.653. The number of anilines is 1. The summed E-state index contributed by atoms with van der Waals surface area (Å²) in [4.78, 5) is 10.3. The van der Waals surface area contributed by atoms with Gasteiger partial charge in [-0.3, -0.25) is 9.89 Å². The summed E-state index contributed by atoms with van der Waals surface area (Å²) in [5.74, 6) is 4.38. The fourth-order valence-corrected chi connectivity index (χ4v) is 8.54. The Kier molecular flexibility index (Phi) is 4.94. The summed E-state index contributed by atoms with van der Waals surface area (Å²) in [6, 6.07) is 11.9. The lowest BCUT2D eigenvalue weighted by molar-refractivity contribution is -0.0358. The molecule has 3 heteroatoms. The molecule has 1 aromatic carbocycles. The maximum Gasteiger partial charge on any atom is 0.0858 e. The Morgan fingerprint density at radius 2 is 1.67 bits per heavy atom. The molecule has 3 saturated carbocycles. The smallest absolute Gasteiger partial charge is 0.0858 e. The standard InChI is InChI=1S/C27H39N3/c1-3-28-26-9-4-5-10-27(26)29(2)23-16-21-7-6-8-22(17-23)30(21)24-12-18-11-19-14-20(15-24)25(19)13-18/h3-5,9-10,18-25H,6-8,11-17H2,1-2H3. The van der Waals surface area contributed by atoms with Crippen LogP contribution in [0.4, 0.5) is 11.4 Å². The average Bonchev–Trinajstić information content (AvgIpc) is 2.96. The molecule has 7 unspecified atom stereocenters. The molecule has 5 aliphatic rings. The van der Waals surface area contributed by atoms with Crippen molar-refractivity contribution in [1.29, 1.82) is 0 Å². The summed E-state index contributed by atoms with van der Waals surface area (Å²) in [5, 5.41) is 0. The normalized spacial score (nSPS) is 42.7. The van der Waals surface area contributed by atoms with Gasteiger partial charge in [-0.25, -0.2) is 0 Å². The van der Waals surface area contributed by atoms with Crippen molar-refractivity contribution in [2.45, 2.75) is 95.3 Å². The number of piperidine rings is 2. The average molecular weight is 406 g/mol. The largest absolute Gasteiger partial charge is 0.370 e. The number of nitrogens with zero attached hydrogens (tertiary/aromatic N) is 3. The van der Waals surface area contributed by atoms with Gasteiger partial charge in [0.05, 0.1) is 11.4 Å². The van der Waals surface area contributed by atoms with Crippen molar-refractivity contribution in [3.05, 3.63) is 24.3 Å². The molecule has 2 heterocycles. The second-order valence-corrected chi connectivity index (χ2v) is 11.2. The van der Waals surface area contributed by atoms with Crippen molar-refractivity contribution in [2.24, 2.45) is 28.7 Å². The van der Waals surface area contributed by atoms with Crippen LogP contribution in [-0.2, 0) is 0 Å². The molecule has 0 aromatic heterocycles. The quantitative estimate of drug-likeness (QED) is 0.567. The summed E-state index contributed by atoms with van der Waals surface area (Å²) in [5.41, 5.74) is 2.42. The number of benzene rings is 1. The Balaban J connectivity index is 1.21. The van der Waals surface area contributed by atoms with Gasteiger partial charge in [-0.05, 0) is 101 Å². The van der Waals surface area contributed by atoms with Gasteiger partial charge in [-0.1, -0.05) is 18.6 Å². The van der Waals surface area contributed by atoms with Crippen LogP contribution in [0.5, 0.6) is 0 Å². The van der Waals surface area contributed by atoms with Crippen LogP contribution in [0.2, 0.25) is 0 Å². The molecule has 0 spiro atoms. The summed E-state index contributed by atoms with van der Waals surface area (Å²) in [6.07, 6.45) is 16.7. The van der Waals surface area contributed by atoms with E-state index in [0.717, 1.165) is 47.5 Å². The highest BCUT2D eigenvalue weighted by molar-refractivity contribution is 5.72. The van der Waals surface area contributed by atoms with Gasteiger partial charge in [0.1, 0.15) is 0 Å². The predicted octanol–water partition coefficient (Wildman–Crippen LogP) is 6.06. The summed E-state index contributed by atoms with van der Waals surface area (Å²) < 4.78 is 0. The lowest BCUT2D eigenvalue weighted by Crippen LogP contribution is -2.60. The lowest BCUT2D eigenvalue weighted by atomic mass is 9.64. The molecule has 1 aromatic rings. The maximum absolute atomic E-state index is 4.65. The van der Waals surface area contributed by atoms with Crippen LogP contribution < -0.4 is 4.90 Å². The molecule has 30 heavy (non-hydrogen) atoms. The third-order valence-corrected chi connectivity index (χ3v) is 9.74. The van der Waals surface area contributed by atoms with Gasteiger partial charge >= 0.3 is 0 Å². The van der Waals surface area contributed by atoms with Gasteiger partial charge in [0.25, 0.3) is 0 Å². The molecule has 0 N–H and O–H groups in total. The summed E-state index contributed by atoms with van der Waals surface area (Å²) in [6.45, 7) is 2.02. The van der Waals surface area contributed by atoms with Crippen molar-refractivity contribution in [1.82, 2.24) is 4.90 Å². The second-order valence-electron chi connectivity index (χ2n) is 11.2. The summed E-state index contributed by atoms with van der Waals surface area (Å²) >= 11 is 0. The van der Waals surface area contributed by atoms with Gasteiger partial charge in [-0.15, -0.1) is 0 Å². The Labute approximate surface area is 182 Å². The SMILES string of the molecule is CC=Nc1ccccc1N(C)C1CC2CCCC(C1)N2C1CC2CC3CC(C1)C3C2. The van der Waals surface area contributed by atoms with Crippen LogP contribution >= 0.6 is 0 Å². The zero-order chi connectivity index (χ0) is 20.2. The molecule has 7 atom stereocenters. The minimum Gasteiger partial charge on any atom is -0.370 e. The van der Waals surface area contributed by atoms with E-state index in [2.05, 4.69) is 46.1 Å². The van der Waals surface area contributed by atoms with Crippen LogP contribution in [0.25, 0.3) is 0 Å². The molecule has 2 saturated heterocycles. The van der Waals surface area contributed by atoms with Gasteiger partial charge < -0.3 is 4.90 Å². The molecule has 4 bridgehead atoms. The van der Waals surface area contributed by atoms with Crippen LogP contribution in [0.1, 0.15) is 71.1 Å². The highest BCUT2D eigenvalue weighted by Crippen LogP contribution is 2.59. The van der Waals surface area contributed by atoms with Crippen LogP contribution in [0.15, 0.2) is 29.3 Å². The highest BCUT2D eigenvalue weighted by Gasteiger charge is 2.53. The number of hydrogen-bond acceptors (Lipinski definition) is 3. The number of rotatable bonds is 4. The number of aliphatic imine (C=N–C) groups is 1. The first-order valence-electron chi connectivity index (χ1n) is 12.8. The summed E-state index contributed by atoms with van der Waals surface area (Å²) in [7, 11) is 2.32. The van der Waals surface area contributed by atoms with Gasteiger partial charge in [0, 0.05) is 37.4 Å². The van der Waals surface area contributed by atoms with Crippen molar-refractivity contribution in [3.63, 3.8) is 0 Å². The monoisotopic (exact) mass is 405 g/mol. The predicted molar refractivity (Wildman–Crippen MR) is 126 cm³/mol. The van der Waals surface area contributed by atoms with E-state index >= 15 is 0 Å². The Hall–Kier alpha value is -1.35. The van der Waals surface area contributed by atoms with E-state index in [1.165, 1.54) is 50.6 Å². The van der Waals surface area contributed by atoms with Gasteiger partial charge in [0.2, 0.25) is 0 Å². The third-order valence-electron chi connectivity index (χ3n) is 9.74. The number of para-hydroxylation sites is 2. The van der Waals surface area contributed by atoms with Crippen molar-refractivity contribution >= 4 is 17.6 Å². The van der Waals surface area contributed by atoms with E-state index in [4.69, 9.17) is 0 Å². The van der Waals surface area contributed by atoms with Crippen molar-refractivity contribution < 1.29 is 0 Å². The van der Waals surface area contributed by atoms with E-state index in [9.17, 15) is 0 Å². The fraction of sp³-hybridized carbons (Fsp3) is 0.741. The fourth-order valence-electron chi connectivity index (χ4n) is 8.54. The molecule has 0 radical (unpaired) electrons. The first-order chi connectivity index (χ1) is 14.7. The molecule has 3 aliphatic carbocycles. The molecule has 5 fully saturated rings. The molecule has 3 nitrogen and oxygen atoms in total. The zero-order valence-corrected chi connectivity index (χ0v) is 18.9. The van der Waals surface area contributed by atoms with Crippen molar-refractivity contribution in [3.8, 4) is 0 Å². The van der Waals surface area contributed by atoms with E-state index < -0.39 is 0 Å². The molecule has 2 aliphatic heterocycles.